The molecule has 1 aliphatic heterocycles. The Kier molecular flexibility index (Phi) is 5.81. The highest BCUT2D eigenvalue weighted by Gasteiger charge is 2.30. The van der Waals surface area contributed by atoms with Crippen LogP contribution in [0.3, 0.4) is 0 Å². The predicted octanol–water partition coefficient (Wildman–Crippen LogP) is 0.587. The topological polar surface area (TPSA) is 67.6 Å². The van der Waals surface area contributed by atoms with Crippen molar-refractivity contribution < 1.29 is 9.53 Å². The zero-order chi connectivity index (χ0) is 14.5. The Hall–Kier alpha value is -0.650. The molecule has 0 radical (unpaired) electrons. The second-order valence-corrected chi connectivity index (χ2v) is 6.59. The molecule has 5 heteroatoms. The van der Waals surface area contributed by atoms with Crippen LogP contribution in [0.2, 0.25) is 0 Å². The normalized spacial score (nSPS) is 33.6. The Labute approximate surface area is 122 Å². The number of carbonyl (C=O) groups excluding carboxylic acids is 1. The van der Waals surface area contributed by atoms with Crippen molar-refractivity contribution in [1.29, 1.82) is 0 Å². The monoisotopic (exact) mass is 283 g/mol. The minimum atomic E-state index is 0.0980. The van der Waals surface area contributed by atoms with E-state index in [1.54, 1.807) is 0 Å². The van der Waals surface area contributed by atoms with E-state index in [9.17, 15) is 4.79 Å². The zero-order valence-electron chi connectivity index (χ0n) is 12.8. The second kappa shape index (κ2) is 7.38. The maximum atomic E-state index is 12.3. The van der Waals surface area contributed by atoms with Gasteiger partial charge in [0.15, 0.2) is 0 Å². The highest BCUT2D eigenvalue weighted by molar-refractivity contribution is 5.79. The molecule has 0 aromatic carbocycles. The highest BCUT2D eigenvalue weighted by Crippen LogP contribution is 2.28. The van der Waals surface area contributed by atoms with Gasteiger partial charge in [0.1, 0.15) is 0 Å². The number of hydrogen-bond donors (Lipinski definition) is 2. The van der Waals surface area contributed by atoms with E-state index in [2.05, 4.69) is 24.1 Å². The van der Waals surface area contributed by atoms with E-state index in [0.29, 0.717) is 5.92 Å². The molecule has 1 aliphatic carbocycles. The van der Waals surface area contributed by atoms with Gasteiger partial charge < -0.3 is 15.8 Å². The average molecular weight is 283 g/mol. The third-order valence-electron chi connectivity index (χ3n) is 4.37. The van der Waals surface area contributed by atoms with Gasteiger partial charge in [0.25, 0.3) is 0 Å². The lowest BCUT2D eigenvalue weighted by Gasteiger charge is -2.33. The van der Waals surface area contributed by atoms with E-state index in [0.717, 1.165) is 52.1 Å². The Balaban J connectivity index is 1.75. The fourth-order valence-electron chi connectivity index (χ4n) is 3.45. The number of morpholine rings is 1. The molecule has 1 saturated carbocycles. The largest absolute Gasteiger partial charge is 0.379 e. The van der Waals surface area contributed by atoms with Gasteiger partial charge in [-0.2, -0.15) is 0 Å². The molecule has 2 rings (SSSR count). The Bertz CT molecular complexity index is 308. The fraction of sp³-hybridized carbons (Fsp3) is 0.933. The standard InChI is InChI=1S/C15H29N3O2/c1-11-7-13(9-14(16)8-11)15(19)17-12(2)10-18-3-5-20-6-4-18/h11-14H,3-10,16H2,1-2H3,(H,17,19). The van der Waals surface area contributed by atoms with Crippen LogP contribution in [0.15, 0.2) is 0 Å². The van der Waals surface area contributed by atoms with Gasteiger partial charge in [-0.1, -0.05) is 6.92 Å². The summed E-state index contributed by atoms with van der Waals surface area (Å²) in [6.07, 6.45) is 2.86. The second-order valence-electron chi connectivity index (χ2n) is 6.59. The number of nitrogens with one attached hydrogen (secondary N) is 1. The number of nitrogens with zero attached hydrogens (tertiary/aromatic N) is 1. The van der Waals surface area contributed by atoms with E-state index in [1.807, 2.05) is 0 Å². The van der Waals surface area contributed by atoms with Crippen LogP contribution >= 0.6 is 0 Å². The number of ether oxygens (including phenoxy) is 1. The Morgan fingerprint density at radius 1 is 1.35 bits per heavy atom. The molecule has 0 bridgehead atoms. The van der Waals surface area contributed by atoms with Gasteiger partial charge >= 0.3 is 0 Å². The maximum Gasteiger partial charge on any atom is 0.223 e. The van der Waals surface area contributed by atoms with Crippen LogP contribution in [0.5, 0.6) is 0 Å². The molecule has 1 heterocycles. The first-order valence-electron chi connectivity index (χ1n) is 7.90. The summed E-state index contributed by atoms with van der Waals surface area (Å²) in [7, 11) is 0. The molecule has 0 aromatic heterocycles. The lowest BCUT2D eigenvalue weighted by atomic mass is 9.79. The third-order valence-corrected chi connectivity index (χ3v) is 4.37. The van der Waals surface area contributed by atoms with Crippen molar-refractivity contribution in [3.8, 4) is 0 Å². The molecule has 20 heavy (non-hydrogen) atoms. The van der Waals surface area contributed by atoms with E-state index in [1.165, 1.54) is 0 Å². The maximum absolute atomic E-state index is 12.3. The lowest BCUT2D eigenvalue weighted by molar-refractivity contribution is -0.127. The van der Waals surface area contributed by atoms with Crippen molar-refractivity contribution in [3.63, 3.8) is 0 Å². The van der Waals surface area contributed by atoms with Crippen molar-refractivity contribution in [2.24, 2.45) is 17.6 Å². The first-order valence-corrected chi connectivity index (χ1v) is 7.90. The number of carbonyl (C=O) groups is 1. The Morgan fingerprint density at radius 3 is 2.70 bits per heavy atom. The van der Waals surface area contributed by atoms with Crippen molar-refractivity contribution in [3.05, 3.63) is 0 Å². The van der Waals surface area contributed by atoms with E-state index < -0.39 is 0 Å². The SMILES string of the molecule is CC1CC(N)CC(C(=O)NC(C)CN2CCOCC2)C1. The quantitative estimate of drug-likeness (QED) is 0.792. The third kappa shape index (κ3) is 4.72. The van der Waals surface area contributed by atoms with Gasteiger partial charge in [0.05, 0.1) is 13.2 Å². The molecule has 5 nitrogen and oxygen atoms in total. The number of nitrogens with two attached hydrogens (primary N) is 1. The number of rotatable bonds is 4. The van der Waals surface area contributed by atoms with Crippen molar-refractivity contribution >= 4 is 5.91 Å². The van der Waals surface area contributed by atoms with Crippen molar-refractivity contribution in [1.82, 2.24) is 10.2 Å². The van der Waals surface area contributed by atoms with Crippen LogP contribution in [0.25, 0.3) is 0 Å². The molecule has 4 unspecified atom stereocenters. The molecule has 4 atom stereocenters. The smallest absolute Gasteiger partial charge is 0.223 e. The summed E-state index contributed by atoms with van der Waals surface area (Å²) < 4.78 is 5.34. The molecule has 1 saturated heterocycles. The highest BCUT2D eigenvalue weighted by atomic mass is 16.5. The molecule has 116 valence electrons. The first kappa shape index (κ1) is 15.7. The van der Waals surface area contributed by atoms with E-state index >= 15 is 0 Å². The van der Waals surface area contributed by atoms with Crippen LogP contribution in [-0.2, 0) is 9.53 Å². The van der Waals surface area contributed by atoms with Crippen LogP contribution in [0.1, 0.15) is 33.1 Å². The van der Waals surface area contributed by atoms with Gasteiger partial charge in [-0.15, -0.1) is 0 Å². The molecule has 3 N–H and O–H groups in total. The molecular weight excluding hydrogens is 254 g/mol. The summed E-state index contributed by atoms with van der Waals surface area (Å²) in [5.41, 5.74) is 6.03. The Morgan fingerprint density at radius 2 is 2.05 bits per heavy atom. The fourth-order valence-corrected chi connectivity index (χ4v) is 3.45. The van der Waals surface area contributed by atoms with E-state index in [4.69, 9.17) is 10.5 Å². The first-order chi connectivity index (χ1) is 9.54. The summed E-state index contributed by atoms with van der Waals surface area (Å²) in [5, 5.41) is 3.16. The van der Waals surface area contributed by atoms with Crippen LogP contribution in [-0.4, -0.2) is 55.7 Å². The van der Waals surface area contributed by atoms with Gasteiger partial charge in [0.2, 0.25) is 5.91 Å². The zero-order valence-corrected chi connectivity index (χ0v) is 12.8. The summed E-state index contributed by atoms with van der Waals surface area (Å²) >= 11 is 0. The molecule has 0 aromatic rings. The van der Waals surface area contributed by atoms with Gasteiger partial charge in [-0.3, -0.25) is 9.69 Å². The summed E-state index contributed by atoms with van der Waals surface area (Å²) in [4.78, 5) is 14.7. The summed E-state index contributed by atoms with van der Waals surface area (Å²) in [5.74, 6) is 0.845. The van der Waals surface area contributed by atoms with Gasteiger partial charge in [-0.25, -0.2) is 0 Å². The van der Waals surface area contributed by atoms with Crippen LogP contribution in [0.4, 0.5) is 0 Å². The van der Waals surface area contributed by atoms with Crippen molar-refractivity contribution in [2.75, 3.05) is 32.8 Å². The molecule has 0 spiro atoms. The average Bonchev–Trinajstić information content (AvgIpc) is 2.38. The summed E-state index contributed by atoms with van der Waals surface area (Å²) in [6, 6.07) is 0.373. The molecule has 1 amide bonds. The molecule has 2 fully saturated rings. The lowest BCUT2D eigenvalue weighted by Crippen LogP contribution is -2.48. The minimum absolute atomic E-state index is 0.0980. The predicted molar refractivity (Wildman–Crippen MR) is 79.3 cm³/mol. The molecule has 2 aliphatic rings. The van der Waals surface area contributed by atoms with Gasteiger partial charge in [0, 0.05) is 37.6 Å². The van der Waals surface area contributed by atoms with Gasteiger partial charge in [-0.05, 0) is 32.1 Å². The molecular formula is C15H29N3O2. The van der Waals surface area contributed by atoms with E-state index in [-0.39, 0.29) is 23.9 Å². The van der Waals surface area contributed by atoms with Crippen LogP contribution < -0.4 is 11.1 Å². The number of amides is 1. The summed E-state index contributed by atoms with van der Waals surface area (Å²) in [6.45, 7) is 8.71. The van der Waals surface area contributed by atoms with Crippen molar-refractivity contribution in [2.45, 2.75) is 45.2 Å². The minimum Gasteiger partial charge on any atom is -0.379 e. The van der Waals surface area contributed by atoms with Crippen LogP contribution in [0, 0.1) is 11.8 Å². The number of hydrogen-bond acceptors (Lipinski definition) is 4.